The van der Waals surface area contributed by atoms with Crippen LogP contribution < -0.4 is 4.74 Å². The molecule has 4 rings (SSSR count). The summed E-state index contributed by atoms with van der Waals surface area (Å²) in [7, 11) is -1.82. The number of methoxy groups -OCH3 is 1. The molecule has 2 aliphatic rings. The monoisotopic (exact) mass is 468 g/mol. The summed E-state index contributed by atoms with van der Waals surface area (Å²) in [5.41, 5.74) is 1.88. The van der Waals surface area contributed by atoms with Gasteiger partial charge in [0.1, 0.15) is 5.75 Å². The molecule has 2 saturated heterocycles. The Morgan fingerprint density at radius 2 is 1.70 bits per heavy atom. The van der Waals surface area contributed by atoms with Crippen molar-refractivity contribution in [2.45, 2.75) is 49.5 Å². The van der Waals surface area contributed by atoms with Gasteiger partial charge in [0.2, 0.25) is 15.9 Å². The summed E-state index contributed by atoms with van der Waals surface area (Å²) in [5, 5.41) is 0. The highest BCUT2D eigenvalue weighted by molar-refractivity contribution is 7.89. The van der Waals surface area contributed by atoms with E-state index >= 15 is 0 Å². The van der Waals surface area contributed by atoms with Crippen molar-refractivity contribution in [3.05, 3.63) is 65.7 Å². The Kier molecular flexibility index (Phi) is 7.50. The van der Waals surface area contributed by atoms with Crippen LogP contribution in [0.5, 0.6) is 5.75 Å². The SMILES string of the molecule is COc1cccc(C2CCCN2C(=O)/C=C/c2ccc(S(=O)(=O)N3CCCCCC3)cc2)c1. The number of carbonyl (C=O) groups excluding carboxylic acids is 1. The Labute approximate surface area is 196 Å². The average molecular weight is 469 g/mol. The van der Waals surface area contributed by atoms with Crippen LogP contribution in [0.25, 0.3) is 6.08 Å². The van der Waals surface area contributed by atoms with Crippen LogP contribution in [0.1, 0.15) is 55.7 Å². The first-order valence-corrected chi connectivity index (χ1v) is 13.2. The third kappa shape index (κ3) is 5.47. The quantitative estimate of drug-likeness (QED) is 0.580. The molecular weight excluding hydrogens is 436 g/mol. The van der Waals surface area contributed by atoms with Crippen LogP contribution in [-0.2, 0) is 14.8 Å². The van der Waals surface area contributed by atoms with Gasteiger partial charge in [0, 0.05) is 25.7 Å². The van der Waals surface area contributed by atoms with Crippen molar-refractivity contribution in [1.29, 1.82) is 0 Å². The minimum atomic E-state index is -3.47. The standard InChI is InChI=1S/C26H32N2O4S/c1-32-23-9-6-8-22(20-23)25-10-7-19-28(25)26(29)16-13-21-11-14-24(15-12-21)33(30,31)27-17-4-2-3-5-18-27/h6,8-9,11-16,20,25H,2-5,7,10,17-19H2,1H3/b16-13+. The van der Waals surface area contributed by atoms with Gasteiger partial charge in [-0.1, -0.05) is 37.1 Å². The zero-order valence-corrected chi connectivity index (χ0v) is 20.0. The molecule has 2 aromatic carbocycles. The number of ether oxygens (including phenoxy) is 1. The molecule has 6 nitrogen and oxygen atoms in total. The van der Waals surface area contributed by atoms with E-state index in [2.05, 4.69) is 0 Å². The lowest BCUT2D eigenvalue weighted by atomic mass is 10.0. The van der Waals surface area contributed by atoms with Gasteiger partial charge in [0.15, 0.2) is 0 Å². The molecule has 2 fully saturated rings. The molecule has 0 bridgehead atoms. The maximum Gasteiger partial charge on any atom is 0.247 e. The highest BCUT2D eigenvalue weighted by Crippen LogP contribution is 2.33. The van der Waals surface area contributed by atoms with E-state index in [9.17, 15) is 13.2 Å². The Bertz CT molecular complexity index is 1090. The number of nitrogens with zero attached hydrogens (tertiary/aromatic N) is 2. The van der Waals surface area contributed by atoms with Gasteiger partial charge >= 0.3 is 0 Å². The largest absolute Gasteiger partial charge is 0.497 e. The molecule has 1 amide bonds. The van der Waals surface area contributed by atoms with Gasteiger partial charge in [-0.15, -0.1) is 0 Å². The van der Waals surface area contributed by atoms with Crippen LogP contribution in [0.15, 0.2) is 59.5 Å². The van der Waals surface area contributed by atoms with Crippen molar-refractivity contribution in [2.75, 3.05) is 26.7 Å². The summed E-state index contributed by atoms with van der Waals surface area (Å²) < 4.78 is 32.8. The molecule has 1 atom stereocenters. The molecule has 0 saturated carbocycles. The van der Waals surface area contributed by atoms with E-state index < -0.39 is 10.0 Å². The molecular formula is C26H32N2O4S. The first kappa shape index (κ1) is 23.5. The first-order valence-electron chi connectivity index (χ1n) is 11.7. The molecule has 0 aromatic heterocycles. The van der Waals surface area contributed by atoms with E-state index in [4.69, 9.17) is 4.74 Å². The van der Waals surface area contributed by atoms with Gasteiger partial charge in [-0.3, -0.25) is 4.79 Å². The smallest absolute Gasteiger partial charge is 0.247 e. The molecule has 176 valence electrons. The van der Waals surface area contributed by atoms with Crippen LogP contribution in [-0.4, -0.2) is 50.3 Å². The molecule has 0 aliphatic carbocycles. The van der Waals surface area contributed by atoms with Crippen molar-refractivity contribution in [3.8, 4) is 5.75 Å². The second-order valence-electron chi connectivity index (χ2n) is 8.69. The second kappa shape index (κ2) is 10.5. The fourth-order valence-corrected chi connectivity index (χ4v) is 6.19. The van der Waals surface area contributed by atoms with E-state index in [1.165, 1.54) is 0 Å². The van der Waals surface area contributed by atoms with E-state index in [0.29, 0.717) is 18.0 Å². The first-order chi connectivity index (χ1) is 16.0. The number of carbonyl (C=O) groups is 1. The predicted octanol–water partition coefficient (Wildman–Crippen LogP) is 4.64. The highest BCUT2D eigenvalue weighted by atomic mass is 32.2. The summed E-state index contributed by atoms with van der Waals surface area (Å²) in [6, 6.07) is 14.7. The molecule has 0 N–H and O–H groups in total. The highest BCUT2D eigenvalue weighted by Gasteiger charge is 2.29. The lowest BCUT2D eigenvalue weighted by Crippen LogP contribution is -2.31. The summed E-state index contributed by atoms with van der Waals surface area (Å²) in [6.45, 7) is 1.89. The van der Waals surface area contributed by atoms with Crippen molar-refractivity contribution in [2.24, 2.45) is 0 Å². The van der Waals surface area contributed by atoms with Crippen molar-refractivity contribution < 1.29 is 17.9 Å². The lowest BCUT2D eigenvalue weighted by Gasteiger charge is -2.24. The molecule has 2 aliphatic heterocycles. The minimum Gasteiger partial charge on any atom is -0.497 e. The molecule has 0 radical (unpaired) electrons. The normalized spacial score (nSPS) is 20.2. The fourth-order valence-electron chi connectivity index (χ4n) is 4.67. The number of benzene rings is 2. The number of hydrogen-bond acceptors (Lipinski definition) is 4. The fraction of sp³-hybridized carbons (Fsp3) is 0.423. The van der Waals surface area contributed by atoms with Gasteiger partial charge < -0.3 is 9.64 Å². The molecule has 33 heavy (non-hydrogen) atoms. The maximum atomic E-state index is 12.9. The lowest BCUT2D eigenvalue weighted by molar-refractivity contribution is -0.126. The number of hydrogen-bond donors (Lipinski definition) is 0. The average Bonchev–Trinajstić information content (AvgIpc) is 3.17. The van der Waals surface area contributed by atoms with Gasteiger partial charge in [-0.05, 0) is 67.2 Å². The topological polar surface area (TPSA) is 66.9 Å². The zero-order chi connectivity index (χ0) is 23.3. The minimum absolute atomic E-state index is 0.0402. The summed E-state index contributed by atoms with van der Waals surface area (Å²) in [5.74, 6) is 0.749. The predicted molar refractivity (Wildman–Crippen MR) is 129 cm³/mol. The second-order valence-corrected chi connectivity index (χ2v) is 10.6. The molecule has 1 unspecified atom stereocenters. The Balaban J connectivity index is 1.43. The summed E-state index contributed by atoms with van der Waals surface area (Å²) >= 11 is 0. The van der Waals surface area contributed by atoms with Crippen LogP contribution in [0.2, 0.25) is 0 Å². The van der Waals surface area contributed by atoms with Crippen LogP contribution in [0.3, 0.4) is 0 Å². The van der Waals surface area contributed by atoms with E-state index in [-0.39, 0.29) is 11.9 Å². The van der Waals surface area contributed by atoms with Gasteiger partial charge in [-0.2, -0.15) is 4.31 Å². The third-order valence-electron chi connectivity index (χ3n) is 6.52. The number of sulfonamides is 1. The molecule has 2 aromatic rings. The van der Waals surface area contributed by atoms with Gasteiger partial charge in [0.25, 0.3) is 0 Å². The van der Waals surface area contributed by atoms with Gasteiger partial charge in [0.05, 0.1) is 18.0 Å². The summed E-state index contributed by atoms with van der Waals surface area (Å²) in [4.78, 5) is 15.1. The Hall–Kier alpha value is -2.64. The van der Waals surface area contributed by atoms with Crippen LogP contribution in [0.4, 0.5) is 0 Å². The molecule has 7 heteroatoms. The van der Waals surface area contributed by atoms with Crippen molar-refractivity contribution in [1.82, 2.24) is 9.21 Å². The molecule has 0 spiro atoms. The Morgan fingerprint density at radius 1 is 0.970 bits per heavy atom. The van der Waals surface area contributed by atoms with Crippen LogP contribution in [0, 0.1) is 0 Å². The molecule has 2 heterocycles. The van der Waals surface area contributed by atoms with E-state index in [1.807, 2.05) is 29.2 Å². The summed E-state index contributed by atoms with van der Waals surface area (Å²) in [6.07, 6.45) is 9.21. The third-order valence-corrected chi connectivity index (χ3v) is 8.43. The van der Waals surface area contributed by atoms with Crippen molar-refractivity contribution >= 4 is 22.0 Å². The van der Waals surface area contributed by atoms with Crippen LogP contribution >= 0.6 is 0 Å². The van der Waals surface area contributed by atoms with E-state index in [0.717, 1.165) is 61.9 Å². The maximum absolute atomic E-state index is 12.9. The van der Waals surface area contributed by atoms with Crippen molar-refractivity contribution in [3.63, 3.8) is 0 Å². The Morgan fingerprint density at radius 3 is 2.39 bits per heavy atom. The zero-order valence-electron chi connectivity index (χ0n) is 19.2. The van der Waals surface area contributed by atoms with Gasteiger partial charge in [-0.25, -0.2) is 8.42 Å². The number of likely N-dealkylation sites (tertiary alicyclic amines) is 1. The number of rotatable bonds is 6. The number of amides is 1. The van der Waals surface area contributed by atoms with E-state index in [1.54, 1.807) is 47.8 Å².